The fourth-order valence-corrected chi connectivity index (χ4v) is 3.07. The maximum atomic E-state index is 6.03. The van der Waals surface area contributed by atoms with Crippen molar-refractivity contribution in [1.29, 1.82) is 0 Å². The van der Waals surface area contributed by atoms with Crippen LogP contribution in [0.3, 0.4) is 0 Å². The van der Waals surface area contributed by atoms with Gasteiger partial charge >= 0.3 is 0 Å². The normalized spacial score (nSPS) is 12.8. The topological polar surface area (TPSA) is 9.23 Å². The van der Waals surface area contributed by atoms with Crippen LogP contribution < -0.4 is 5.19 Å². The van der Waals surface area contributed by atoms with Crippen LogP contribution in [0.5, 0.6) is 0 Å². The fourth-order valence-electron chi connectivity index (χ4n) is 1.55. The van der Waals surface area contributed by atoms with Crippen LogP contribution in [0.15, 0.2) is 49.6 Å². The van der Waals surface area contributed by atoms with Gasteiger partial charge in [0.2, 0.25) is 0 Å². The van der Waals surface area contributed by atoms with Gasteiger partial charge in [0, 0.05) is 9.67 Å². The van der Waals surface area contributed by atoms with Gasteiger partial charge in [0.05, 0.1) is 0 Å². The molecule has 1 unspecified atom stereocenters. The number of hydrogen-bond donors (Lipinski definition) is 0. The van der Waals surface area contributed by atoms with Crippen molar-refractivity contribution in [2.24, 2.45) is 0 Å². The molecule has 1 aromatic carbocycles. The molecule has 0 heterocycles. The smallest absolute Gasteiger partial charge is 0.192 e. The monoisotopic (exact) mass is 358 g/mol. The standard InChI is InChI=1S/C14H19IOSi/c1-3-5-7-13(6-4-2)16-17-14-10-8-12(15)9-11-14/h3-4,8-11,13H,1-2,5-7,17H2. The summed E-state index contributed by atoms with van der Waals surface area (Å²) in [4.78, 5) is 0. The lowest BCUT2D eigenvalue weighted by molar-refractivity contribution is 0.209. The molecule has 0 spiro atoms. The maximum Gasteiger partial charge on any atom is 0.192 e. The van der Waals surface area contributed by atoms with Gasteiger partial charge in [-0.2, -0.15) is 0 Å². The summed E-state index contributed by atoms with van der Waals surface area (Å²) >= 11 is 2.32. The summed E-state index contributed by atoms with van der Waals surface area (Å²) in [6.45, 7) is 7.53. The second-order valence-electron chi connectivity index (χ2n) is 3.95. The van der Waals surface area contributed by atoms with E-state index in [1.807, 2.05) is 12.2 Å². The molecule has 1 nitrogen and oxygen atoms in total. The Balaban J connectivity index is 2.41. The van der Waals surface area contributed by atoms with Crippen molar-refractivity contribution in [3.63, 3.8) is 0 Å². The molecule has 3 heteroatoms. The molecule has 1 rings (SSSR count). The lowest BCUT2D eigenvalue weighted by Crippen LogP contribution is -2.23. The predicted molar refractivity (Wildman–Crippen MR) is 86.5 cm³/mol. The first-order chi connectivity index (χ1) is 8.26. The van der Waals surface area contributed by atoms with E-state index in [9.17, 15) is 0 Å². The molecule has 17 heavy (non-hydrogen) atoms. The van der Waals surface area contributed by atoms with E-state index in [1.165, 1.54) is 8.76 Å². The Morgan fingerprint density at radius 3 is 2.53 bits per heavy atom. The molecule has 0 aromatic heterocycles. The Hall–Kier alpha value is -0.393. The Morgan fingerprint density at radius 1 is 1.24 bits per heavy atom. The zero-order valence-electron chi connectivity index (χ0n) is 10.1. The summed E-state index contributed by atoms with van der Waals surface area (Å²) in [5.74, 6) is 0. The third-order valence-electron chi connectivity index (χ3n) is 2.52. The third-order valence-corrected chi connectivity index (χ3v) is 4.68. The van der Waals surface area contributed by atoms with Gasteiger partial charge in [0.25, 0.3) is 0 Å². The van der Waals surface area contributed by atoms with E-state index < -0.39 is 9.76 Å². The van der Waals surface area contributed by atoms with E-state index in [2.05, 4.69) is 60.0 Å². The minimum absolute atomic E-state index is 0.316. The van der Waals surface area contributed by atoms with E-state index in [4.69, 9.17) is 4.43 Å². The van der Waals surface area contributed by atoms with Crippen LogP contribution in [0.4, 0.5) is 0 Å². The van der Waals surface area contributed by atoms with Crippen molar-refractivity contribution in [3.05, 3.63) is 53.1 Å². The second kappa shape index (κ2) is 8.66. The summed E-state index contributed by atoms with van der Waals surface area (Å²) < 4.78 is 7.30. The molecule has 0 saturated carbocycles. The van der Waals surface area contributed by atoms with E-state index in [-0.39, 0.29) is 0 Å². The van der Waals surface area contributed by atoms with Crippen LogP contribution in [-0.4, -0.2) is 15.9 Å². The Labute approximate surface area is 120 Å². The number of halogens is 1. The molecular formula is C14H19IOSi. The molecule has 0 aliphatic heterocycles. The largest absolute Gasteiger partial charge is 0.415 e. The number of rotatable bonds is 8. The second-order valence-corrected chi connectivity index (χ2v) is 6.63. The van der Waals surface area contributed by atoms with Gasteiger partial charge in [0.1, 0.15) is 0 Å². The van der Waals surface area contributed by atoms with Crippen LogP contribution in [0.2, 0.25) is 0 Å². The highest BCUT2D eigenvalue weighted by Gasteiger charge is 2.06. The Morgan fingerprint density at radius 2 is 1.94 bits per heavy atom. The predicted octanol–water partition coefficient (Wildman–Crippen LogP) is 2.93. The van der Waals surface area contributed by atoms with Crippen LogP contribution in [0.1, 0.15) is 19.3 Å². The van der Waals surface area contributed by atoms with Crippen LogP contribution >= 0.6 is 22.6 Å². The minimum Gasteiger partial charge on any atom is -0.415 e. The summed E-state index contributed by atoms with van der Waals surface area (Å²) in [6.07, 6.45) is 7.20. The van der Waals surface area contributed by atoms with Gasteiger partial charge in [-0.05, 0) is 59.2 Å². The summed E-state index contributed by atoms with van der Waals surface area (Å²) in [7, 11) is -0.609. The number of hydrogen-bond acceptors (Lipinski definition) is 1. The lowest BCUT2D eigenvalue weighted by atomic mass is 10.1. The molecule has 0 aliphatic carbocycles. The van der Waals surface area contributed by atoms with Gasteiger partial charge < -0.3 is 4.43 Å². The molecule has 92 valence electrons. The van der Waals surface area contributed by atoms with E-state index in [0.29, 0.717) is 6.10 Å². The highest BCUT2D eigenvalue weighted by molar-refractivity contribution is 14.1. The van der Waals surface area contributed by atoms with Gasteiger partial charge in [-0.3, -0.25) is 0 Å². The van der Waals surface area contributed by atoms with Gasteiger partial charge in [0.15, 0.2) is 9.76 Å². The zero-order valence-corrected chi connectivity index (χ0v) is 13.6. The molecular weight excluding hydrogens is 339 g/mol. The summed E-state index contributed by atoms with van der Waals surface area (Å²) in [6, 6.07) is 8.62. The molecule has 0 aliphatic rings. The molecule has 1 aromatic rings. The number of benzene rings is 1. The average molecular weight is 358 g/mol. The summed E-state index contributed by atoms with van der Waals surface area (Å²) in [5, 5.41) is 1.36. The SMILES string of the molecule is C=CCCC(CC=C)O[SiH2]c1ccc(I)cc1. The molecule has 0 N–H and O–H groups in total. The van der Waals surface area contributed by atoms with Crippen molar-refractivity contribution < 1.29 is 4.43 Å². The molecule has 0 bridgehead atoms. The molecule has 0 saturated heterocycles. The quantitative estimate of drug-likeness (QED) is 0.395. The summed E-state index contributed by atoms with van der Waals surface area (Å²) in [5.41, 5.74) is 0. The lowest BCUT2D eigenvalue weighted by Gasteiger charge is -2.15. The van der Waals surface area contributed by atoms with Crippen molar-refractivity contribution >= 4 is 37.5 Å². The van der Waals surface area contributed by atoms with Crippen molar-refractivity contribution in [2.75, 3.05) is 0 Å². The van der Waals surface area contributed by atoms with Gasteiger partial charge in [-0.15, -0.1) is 13.2 Å². The Kier molecular flexibility index (Phi) is 7.47. The Bertz CT molecular complexity index is 348. The van der Waals surface area contributed by atoms with Crippen molar-refractivity contribution in [3.8, 4) is 0 Å². The van der Waals surface area contributed by atoms with Gasteiger partial charge in [-0.1, -0.05) is 24.3 Å². The first-order valence-corrected chi connectivity index (χ1v) is 8.20. The molecule has 1 atom stereocenters. The fraction of sp³-hybridized carbons (Fsp3) is 0.286. The van der Waals surface area contributed by atoms with E-state index >= 15 is 0 Å². The molecule has 0 amide bonds. The highest BCUT2D eigenvalue weighted by atomic mass is 127. The van der Waals surface area contributed by atoms with Gasteiger partial charge in [-0.25, -0.2) is 0 Å². The first-order valence-electron chi connectivity index (χ1n) is 5.84. The van der Waals surface area contributed by atoms with Crippen molar-refractivity contribution in [2.45, 2.75) is 25.4 Å². The van der Waals surface area contributed by atoms with E-state index in [1.54, 1.807) is 0 Å². The first kappa shape index (κ1) is 14.7. The highest BCUT2D eigenvalue weighted by Crippen LogP contribution is 2.07. The van der Waals surface area contributed by atoms with E-state index in [0.717, 1.165) is 19.3 Å². The van der Waals surface area contributed by atoms with Crippen LogP contribution in [0, 0.1) is 3.57 Å². The number of allylic oxidation sites excluding steroid dienone is 1. The van der Waals surface area contributed by atoms with Crippen LogP contribution in [0.25, 0.3) is 0 Å². The van der Waals surface area contributed by atoms with Crippen LogP contribution in [-0.2, 0) is 4.43 Å². The maximum absolute atomic E-state index is 6.03. The zero-order chi connectivity index (χ0) is 12.5. The average Bonchev–Trinajstić information content (AvgIpc) is 2.35. The third kappa shape index (κ3) is 6.19. The molecule has 0 fully saturated rings. The molecule has 0 radical (unpaired) electrons. The minimum atomic E-state index is -0.609. The van der Waals surface area contributed by atoms with Crippen molar-refractivity contribution in [1.82, 2.24) is 0 Å².